The number of hydrogen-bond donors (Lipinski definition) is 0. The first kappa shape index (κ1) is 16.3. The van der Waals surface area contributed by atoms with Crippen molar-refractivity contribution in [3.8, 4) is 0 Å². The lowest BCUT2D eigenvalue weighted by Crippen LogP contribution is -2.14. The van der Waals surface area contributed by atoms with E-state index >= 15 is 0 Å². The summed E-state index contributed by atoms with van der Waals surface area (Å²) in [7, 11) is -2.40. The lowest BCUT2D eigenvalue weighted by Gasteiger charge is -2.13. The van der Waals surface area contributed by atoms with E-state index in [1.54, 1.807) is 0 Å². The van der Waals surface area contributed by atoms with Crippen molar-refractivity contribution >= 4 is 17.8 Å². The molecule has 3 aromatic carbocycles. The van der Waals surface area contributed by atoms with Crippen LogP contribution in [0.1, 0.15) is 5.56 Å². The Hall–Kier alpha value is -2.11. The maximum absolute atomic E-state index is 12.6. The molecule has 0 aliphatic heterocycles. The van der Waals surface area contributed by atoms with Gasteiger partial charge in [0.25, 0.3) is 0 Å². The molecular formula is C20H21OP. The van der Waals surface area contributed by atoms with Gasteiger partial charge in [0, 0.05) is 10.6 Å². The molecule has 112 valence electrons. The van der Waals surface area contributed by atoms with Crippen LogP contribution in [0.3, 0.4) is 0 Å². The molecule has 22 heavy (non-hydrogen) atoms. The fourth-order valence-corrected chi connectivity index (χ4v) is 3.89. The van der Waals surface area contributed by atoms with E-state index in [0.717, 1.165) is 10.6 Å². The van der Waals surface area contributed by atoms with E-state index in [1.807, 2.05) is 85.5 Å². The molecule has 0 atom stereocenters. The Morgan fingerprint density at radius 3 is 1.18 bits per heavy atom. The highest BCUT2D eigenvalue weighted by Gasteiger charge is 2.19. The molecule has 2 heteroatoms. The summed E-state index contributed by atoms with van der Waals surface area (Å²) < 4.78 is 12.6. The van der Waals surface area contributed by atoms with Gasteiger partial charge < -0.3 is 4.57 Å². The summed E-state index contributed by atoms with van der Waals surface area (Å²) >= 11 is 0. The molecule has 0 radical (unpaired) electrons. The molecule has 0 spiro atoms. The van der Waals surface area contributed by atoms with E-state index in [9.17, 15) is 4.57 Å². The van der Waals surface area contributed by atoms with Crippen LogP contribution in [0.5, 0.6) is 0 Å². The summed E-state index contributed by atoms with van der Waals surface area (Å²) in [4.78, 5) is 0. The highest BCUT2D eigenvalue weighted by atomic mass is 31.2. The third-order valence-corrected chi connectivity index (χ3v) is 6.01. The molecule has 0 aliphatic carbocycles. The quantitative estimate of drug-likeness (QED) is 0.631. The van der Waals surface area contributed by atoms with Crippen LogP contribution in [0.15, 0.2) is 91.0 Å². The summed E-state index contributed by atoms with van der Waals surface area (Å²) in [5.74, 6) is 0. The third-order valence-electron chi connectivity index (χ3n) is 3.44. The van der Waals surface area contributed by atoms with Crippen LogP contribution in [-0.2, 0) is 4.57 Å². The number of aryl methyl sites for hydroxylation is 1. The molecule has 1 nitrogen and oxygen atoms in total. The van der Waals surface area contributed by atoms with Crippen LogP contribution < -0.4 is 10.6 Å². The molecule has 0 fully saturated rings. The molecular weight excluding hydrogens is 287 g/mol. The minimum atomic E-state index is -2.40. The summed E-state index contributed by atoms with van der Waals surface area (Å²) in [5, 5.41) is 1.83. The van der Waals surface area contributed by atoms with Gasteiger partial charge in [0.05, 0.1) is 0 Å². The van der Waals surface area contributed by atoms with E-state index in [-0.39, 0.29) is 0 Å². The molecule has 0 amide bonds. The van der Waals surface area contributed by atoms with Gasteiger partial charge in [-0.1, -0.05) is 96.6 Å². The van der Waals surface area contributed by atoms with Gasteiger partial charge in [0.1, 0.15) is 7.14 Å². The fraction of sp³-hybridized carbons (Fsp3) is 0.100. The van der Waals surface area contributed by atoms with Crippen LogP contribution in [-0.4, -0.2) is 6.66 Å². The summed E-state index contributed by atoms with van der Waals surface area (Å²) in [6, 6.07) is 29.5. The van der Waals surface area contributed by atoms with Crippen molar-refractivity contribution in [2.24, 2.45) is 0 Å². The Balaban J connectivity index is 0.000000211. The van der Waals surface area contributed by atoms with Crippen LogP contribution >= 0.6 is 7.14 Å². The van der Waals surface area contributed by atoms with Crippen molar-refractivity contribution in [1.82, 2.24) is 0 Å². The van der Waals surface area contributed by atoms with Gasteiger partial charge in [-0.15, -0.1) is 0 Å². The zero-order valence-corrected chi connectivity index (χ0v) is 13.9. The van der Waals surface area contributed by atoms with Gasteiger partial charge in [0.2, 0.25) is 0 Å². The second-order valence-corrected chi connectivity index (χ2v) is 8.13. The average Bonchev–Trinajstić information content (AvgIpc) is 2.58. The van der Waals surface area contributed by atoms with Crippen LogP contribution in [0.4, 0.5) is 0 Å². The lowest BCUT2D eigenvalue weighted by molar-refractivity contribution is 0.590. The molecule has 0 unspecified atom stereocenters. The zero-order valence-electron chi connectivity index (χ0n) is 13.0. The minimum absolute atomic E-state index is 0.913. The molecule has 0 heterocycles. The zero-order chi connectivity index (χ0) is 15.8. The summed E-state index contributed by atoms with van der Waals surface area (Å²) in [5.41, 5.74) is 1.32. The highest BCUT2D eigenvalue weighted by molar-refractivity contribution is 7.78. The molecule has 0 saturated heterocycles. The molecule has 3 rings (SSSR count). The van der Waals surface area contributed by atoms with E-state index in [2.05, 4.69) is 19.1 Å². The van der Waals surface area contributed by atoms with Crippen molar-refractivity contribution in [2.45, 2.75) is 6.92 Å². The number of rotatable bonds is 2. The van der Waals surface area contributed by atoms with Gasteiger partial charge in [-0.3, -0.25) is 0 Å². The molecule has 0 N–H and O–H groups in total. The first-order chi connectivity index (χ1) is 10.6. The van der Waals surface area contributed by atoms with Crippen molar-refractivity contribution in [3.05, 3.63) is 96.6 Å². The highest BCUT2D eigenvalue weighted by Crippen LogP contribution is 2.38. The van der Waals surface area contributed by atoms with E-state index < -0.39 is 7.14 Å². The predicted molar refractivity (Wildman–Crippen MR) is 96.9 cm³/mol. The SMILES string of the molecule is CP(=O)(c1ccccc1)c1ccccc1.Cc1ccccc1. The van der Waals surface area contributed by atoms with E-state index in [4.69, 9.17) is 0 Å². The number of hydrogen-bond acceptors (Lipinski definition) is 1. The van der Waals surface area contributed by atoms with Crippen molar-refractivity contribution in [1.29, 1.82) is 0 Å². The standard InChI is InChI=1S/C13H13OP.C7H8/c1-15(14,12-8-4-2-5-9-12)13-10-6-3-7-11-13;1-7-5-3-2-4-6-7/h2-11H,1H3;2-6H,1H3. The Kier molecular flexibility index (Phi) is 5.75. The van der Waals surface area contributed by atoms with E-state index in [1.165, 1.54) is 5.56 Å². The second kappa shape index (κ2) is 7.77. The minimum Gasteiger partial charge on any atom is -0.314 e. The maximum atomic E-state index is 12.6. The molecule has 0 aromatic heterocycles. The molecule has 0 bridgehead atoms. The van der Waals surface area contributed by atoms with E-state index in [0.29, 0.717) is 0 Å². The fourth-order valence-electron chi connectivity index (χ4n) is 2.11. The Bertz CT molecular complexity index is 678. The van der Waals surface area contributed by atoms with Crippen LogP contribution in [0, 0.1) is 6.92 Å². The van der Waals surface area contributed by atoms with Gasteiger partial charge in [-0.25, -0.2) is 0 Å². The Morgan fingerprint density at radius 2 is 0.909 bits per heavy atom. The monoisotopic (exact) mass is 308 g/mol. The summed E-state index contributed by atoms with van der Waals surface area (Å²) in [6.07, 6.45) is 0. The Morgan fingerprint density at radius 1 is 0.591 bits per heavy atom. The molecule has 0 aliphatic rings. The third kappa shape index (κ3) is 4.44. The maximum Gasteiger partial charge on any atom is 0.140 e. The van der Waals surface area contributed by atoms with Crippen molar-refractivity contribution in [3.63, 3.8) is 0 Å². The molecule has 0 saturated carbocycles. The number of benzene rings is 3. The van der Waals surface area contributed by atoms with Gasteiger partial charge in [-0.05, 0) is 13.6 Å². The average molecular weight is 308 g/mol. The normalized spacial score (nSPS) is 10.5. The topological polar surface area (TPSA) is 17.1 Å². The van der Waals surface area contributed by atoms with Crippen molar-refractivity contribution < 1.29 is 4.57 Å². The first-order valence-corrected chi connectivity index (χ1v) is 9.46. The van der Waals surface area contributed by atoms with Gasteiger partial charge in [0.15, 0.2) is 0 Å². The van der Waals surface area contributed by atoms with Crippen molar-refractivity contribution in [2.75, 3.05) is 6.66 Å². The summed E-state index contributed by atoms with van der Waals surface area (Å²) in [6.45, 7) is 3.90. The smallest absolute Gasteiger partial charge is 0.140 e. The predicted octanol–water partition coefficient (Wildman–Crippen LogP) is 4.63. The first-order valence-electron chi connectivity index (χ1n) is 7.31. The second-order valence-electron chi connectivity index (χ2n) is 5.25. The van der Waals surface area contributed by atoms with Crippen LogP contribution in [0.2, 0.25) is 0 Å². The largest absolute Gasteiger partial charge is 0.314 e. The van der Waals surface area contributed by atoms with Crippen LogP contribution in [0.25, 0.3) is 0 Å². The Labute approximate surface area is 133 Å². The lowest BCUT2D eigenvalue weighted by atomic mass is 10.2. The molecule has 3 aromatic rings. The van der Waals surface area contributed by atoms with Gasteiger partial charge in [-0.2, -0.15) is 0 Å². The van der Waals surface area contributed by atoms with Gasteiger partial charge >= 0.3 is 0 Å².